The zero-order valence-electron chi connectivity index (χ0n) is 27.6. The van der Waals surface area contributed by atoms with E-state index in [4.69, 9.17) is 4.74 Å². The van der Waals surface area contributed by atoms with Gasteiger partial charge in [-0.2, -0.15) is 0 Å². The van der Waals surface area contributed by atoms with Crippen LogP contribution in [-0.4, -0.2) is 47.7 Å². The topological polar surface area (TPSA) is 66.8 Å². The number of hydrogen-bond donors (Lipinski definition) is 1. The number of hydrogen-bond acceptors (Lipinski definition) is 4. The Balaban J connectivity index is 1.46. The van der Waals surface area contributed by atoms with Crippen LogP contribution in [0.15, 0.2) is 11.6 Å². The van der Waals surface area contributed by atoms with E-state index in [-0.39, 0.29) is 39.7 Å². The maximum atomic E-state index is 13.0. The minimum Gasteiger partial charge on any atom is -0.481 e. The summed E-state index contributed by atoms with van der Waals surface area (Å²) in [5.41, 5.74) is 1.21. The molecule has 0 aliphatic heterocycles. The van der Waals surface area contributed by atoms with Crippen molar-refractivity contribution in [2.75, 3.05) is 19.6 Å². The molecule has 0 aromatic carbocycles. The van der Waals surface area contributed by atoms with Crippen molar-refractivity contribution in [2.24, 2.45) is 56.7 Å². The Kier molecular flexibility index (Phi) is 7.86. The number of carbonyl (C=O) groups is 2. The molecule has 4 fully saturated rings. The standard InChI is InChI=1S/C36H59NO4/c1-10-37(11-2)22-29(38)41-28-16-17-33(7)26(32(28,5)6)15-18-35(9)27(33)13-12-25-30-24(4)23(3)14-19-36(30,31(39)40)21-20-34(25,35)8/h12,23-24,26-28,30H,10-11,13-22H2,1-9H3,(H,39,40)/t23-,24+,26+,27-,28+,30+,33+,34-,35-,36+/m1/s1. The molecule has 10 atom stereocenters. The van der Waals surface area contributed by atoms with E-state index in [2.05, 4.69) is 73.3 Å². The molecule has 0 spiro atoms. The van der Waals surface area contributed by atoms with E-state index < -0.39 is 11.4 Å². The minimum absolute atomic E-state index is 0.0336. The number of rotatable bonds is 6. The van der Waals surface area contributed by atoms with Gasteiger partial charge in [-0.3, -0.25) is 14.5 Å². The number of carboxylic acids is 1. The van der Waals surface area contributed by atoms with Crippen molar-refractivity contribution < 1.29 is 19.4 Å². The zero-order chi connectivity index (χ0) is 30.2. The van der Waals surface area contributed by atoms with Crippen molar-refractivity contribution in [3.05, 3.63) is 11.6 Å². The van der Waals surface area contributed by atoms with Crippen LogP contribution in [0.1, 0.15) is 120 Å². The second-order valence-electron chi connectivity index (χ2n) is 16.4. The van der Waals surface area contributed by atoms with Gasteiger partial charge in [0.05, 0.1) is 12.0 Å². The summed E-state index contributed by atoms with van der Waals surface area (Å²) >= 11 is 0. The molecule has 1 N–H and O–H groups in total. The molecule has 0 amide bonds. The molecule has 41 heavy (non-hydrogen) atoms. The van der Waals surface area contributed by atoms with Crippen LogP contribution in [-0.2, 0) is 14.3 Å². The number of esters is 1. The third-order valence-electron chi connectivity index (χ3n) is 14.9. The van der Waals surface area contributed by atoms with Crippen LogP contribution in [0, 0.1) is 56.7 Å². The molecule has 5 nitrogen and oxygen atoms in total. The molecule has 0 aromatic heterocycles. The van der Waals surface area contributed by atoms with Crippen LogP contribution in [0.2, 0.25) is 0 Å². The first-order valence-corrected chi connectivity index (χ1v) is 17.0. The number of allylic oxidation sites excluding steroid dienone is 2. The summed E-state index contributed by atoms with van der Waals surface area (Å²) in [6.45, 7) is 23.4. The van der Waals surface area contributed by atoms with Gasteiger partial charge in [-0.25, -0.2) is 0 Å². The van der Waals surface area contributed by atoms with Gasteiger partial charge >= 0.3 is 11.9 Å². The molecule has 0 heterocycles. The molecule has 0 aromatic rings. The molecule has 5 rings (SSSR count). The van der Waals surface area contributed by atoms with E-state index in [1.165, 1.54) is 12.0 Å². The molecule has 5 heteroatoms. The van der Waals surface area contributed by atoms with Gasteiger partial charge < -0.3 is 9.84 Å². The Hall–Kier alpha value is -1.36. The maximum Gasteiger partial charge on any atom is 0.320 e. The molecule has 0 unspecified atom stereocenters. The van der Waals surface area contributed by atoms with Gasteiger partial charge in [-0.1, -0.05) is 74.0 Å². The number of carbonyl (C=O) groups excluding carboxylic acids is 1. The molecule has 232 valence electrons. The second-order valence-corrected chi connectivity index (χ2v) is 16.4. The lowest BCUT2D eigenvalue weighted by Gasteiger charge is -2.71. The summed E-state index contributed by atoms with van der Waals surface area (Å²) in [6.07, 6.45) is 11.6. The SMILES string of the molecule is CCN(CC)CC(=O)O[C@H]1CC[C@]2(C)[C@H]3CC=C4[C@@H]5[C@@H](C)[C@H](C)CC[C@]5(C(=O)O)CC[C@@]4(C)[C@]3(C)CC[C@H]2C1(C)C. The van der Waals surface area contributed by atoms with Crippen molar-refractivity contribution in [2.45, 2.75) is 126 Å². The first-order valence-electron chi connectivity index (χ1n) is 17.0. The predicted molar refractivity (Wildman–Crippen MR) is 164 cm³/mol. The molecular weight excluding hydrogens is 510 g/mol. The normalized spacial score (nSPS) is 46.8. The molecule has 0 saturated heterocycles. The van der Waals surface area contributed by atoms with Crippen molar-refractivity contribution in [1.82, 2.24) is 4.90 Å². The lowest BCUT2D eigenvalue weighted by Crippen LogP contribution is -2.65. The smallest absolute Gasteiger partial charge is 0.320 e. The van der Waals surface area contributed by atoms with Crippen LogP contribution in [0.3, 0.4) is 0 Å². The van der Waals surface area contributed by atoms with Gasteiger partial charge in [0.1, 0.15) is 6.10 Å². The second kappa shape index (κ2) is 10.4. The number of nitrogens with zero attached hydrogens (tertiary/aromatic N) is 1. The fraction of sp³-hybridized carbons (Fsp3) is 0.889. The fourth-order valence-corrected chi connectivity index (χ4v) is 11.9. The molecule has 5 aliphatic rings. The summed E-state index contributed by atoms with van der Waals surface area (Å²) in [4.78, 5) is 28.1. The largest absolute Gasteiger partial charge is 0.481 e. The van der Waals surface area contributed by atoms with Crippen molar-refractivity contribution in [1.29, 1.82) is 0 Å². The van der Waals surface area contributed by atoms with Gasteiger partial charge in [-0.15, -0.1) is 0 Å². The third-order valence-corrected chi connectivity index (χ3v) is 14.9. The summed E-state index contributed by atoms with van der Waals surface area (Å²) in [5.74, 6) is 1.55. The average molecular weight is 570 g/mol. The molecular formula is C36H59NO4. The number of carboxylic acid groups (broad SMARTS) is 1. The Morgan fingerprint density at radius 1 is 0.927 bits per heavy atom. The van der Waals surface area contributed by atoms with Crippen LogP contribution in [0.5, 0.6) is 0 Å². The summed E-state index contributed by atoms with van der Waals surface area (Å²) < 4.78 is 6.27. The Morgan fingerprint density at radius 2 is 1.61 bits per heavy atom. The average Bonchev–Trinajstić information content (AvgIpc) is 2.91. The number of likely N-dealkylation sites (N-methyl/N-ethyl adjacent to an activating group) is 1. The monoisotopic (exact) mass is 569 g/mol. The maximum absolute atomic E-state index is 13.0. The lowest BCUT2D eigenvalue weighted by molar-refractivity contribution is -0.214. The number of aliphatic carboxylic acids is 1. The van der Waals surface area contributed by atoms with E-state index in [0.29, 0.717) is 30.2 Å². The molecule has 0 radical (unpaired) electrons. The fourth-order valence-electron chi connectivity index (χ4n) is 11.9. The molecule has 0 bridgehead atoms. The van der Waals surface area contributed by atoms with E-state index in [9.17, 15) is 14.7 Å². The first-order chi connectivity index (χ1) is 19.1. The molecule has 4 saturated carbocycles. The highest BCUT2D eigenvalue weighted by molar-refractivity contribution is 5.76. The van der Waals surface area contributed by atoms with E-state index in [1.54, 1.807) is 0 Å². The number of fused-ring (bicyclic) bond motifs is 7. The van der Waals surface area contributed by atoms with Crippen molar-refractivity contribution in [3.8, 4) is 0 Å². The lowest BCUT2D eigenvalue weighted by atomic mass is 9.33. The zero-order valence-corrected chi connectivity index (χ0v) is 27.6. The Labute approximate surface area is 250 Å². The molecule has 5 aliphatic carbocycles. The van der Waals surface area contributed by atoms with Crippen LogP contribution < -0.4 is 0 Å². The summed E-state index contributed by atoms with van der Waals surface area (Å²) in [7, 11) is 0. The Bertz CT molecular complexity index is 1080. The highest BCUT2D eigenvalue weighted by Crippen LogP contribution is 2.75. The first kappa shape index (κ1) is 31.1. The summed E-state index contributed by atoms with van der Waals surface area (Å²) in [5, 5.41) is 10.6. The third kappa shape index (κ3) is 4.32. The van der Waals surface area contributed by atoms with E-state index in [1.807, 2.05) is 0 Å². The van der Waals surface area contributed by atoms with Gasteiger partial charge in [0, 0.05) is 5.41 Å². The van der Waals surface area contributed by atoms with E-state index >= 15 is 0 Å². The van der Waals surface area contributed by atoms with Crippen LogP contribution >= 0.6 is 0 Å². The number of ether oxygens (including phenoxy) is 1. The minimum atomic E-state index is -0.587. The van der Waals surface area contributed by atoms with E-state index in [0.717, 1.165) is 64.5 Å². The van der Waals surface area contributed by atoms with Gasteiger partial charge in [0.25, 0.3) is 0 Å². The van der Waals surface area contributed by atoms with Crippen LogP contribution in [0.4, 0.5) is 0 Å². The quantitative estimate of drug-likeness (QED) is 0.259. The van der Waals surface area contributed by atoms with Gasteiger partial charge in [0.15, 0.2) is 0 Å². The highest BCUT2D eigenvalue weighted by Gasteiger charge is 2.69. The predicted octanol–water partition coefficient (Wildman–Crippen LogP) is 7.98. The van der Waals surface area contributed by atoms with Gasteiger partial charge in [-0.05, 0) is 117 Å². The van der Waals surface area contributed by atoms with Crippen molar-refractivity contribution in [3.63, 3.8) is 0 Å². The Morgan fingerprint density at radius 3 is 2.24 bits per heavy atom. The summed E-state index contributed by atoms with van der Waals surface area (Å²) in [6, 6.07) is 0. The highest BCUT2D eigenvalue weighted by atomic mass is 16.5. The van der Waals surface area contributed by atoms with Gasteiger partial charge in [0.2, 0.25) is 0 Å². The van der Waals surface area contributed by atoms with Crippen molar-refractivity contribution >= 4 is 11.9 Å². The van der Waals surface area contributed by atoms with Crippen LogP contribution in [0.25, 0.3) is 0 Å².